The summed E-state index contributed by atoms with van der Waals surface area (Å²) in [6.45, 7) is 1.83. The molecule has 0 saturated carbocycles. The quantitative estimate of drug-likeness (QED) is 0.317. The van der Waals surface area contributed by atoms with Gasteiger partial charge >= 0.3 is 0 Å². The predicted molar refractivity (Wildman–Crippen MR) is 122 cm³/mol. The molecule has 4 aromatic rings. The Hall–Kier alpha value is -3.52. The number of aromatic nitrogens is 4. The Balaban J connectivity index is 1.80. The van der Waals surface area contributed by atoms with Gasteiger partial charge in [-0.05, 0) is 18.2 Å². The summed E-state index contributed by atoms with van der Waals surface area (Å²) < 4.78 is 41.8. The molecule has 0 fully saturated rings. The van der Waals surface area contributed by atoms with Crippen molar-refractivity contribution in [3.8, 4) is 17.3 Å². The predicted octanol–water partition coefficient (Wildman–Crippen LogP) is 4.87. The number of ether oxygens (including phenoxy) is 2. The van der Waals surface area contributed by atoms with Crippen molar-refractivity contribution in [3.05, 3.63) is 88.3 Å². The van der Waals surface area contributed by atoms with Gasteiger partial charge in [0.15, 0.2) is 0 Å². The first-order valence-electron chi connectivity index (χ1n) is 10.3. The standard InChI is InChI=1S/C24H21F2N5O2S/c1-16(23-30-22(11-34-23)18-5-3-17(10-27)4-6-18)24(33-15-32-2,12-31-14-28-13-29-31)20-8-7-19(25)9-21(20)26/h3-9,11,13-14,16H,12,15H2,1-2H3/t16-,24+/m0/s1. The van der Waals surface area contributed by atoms with Gasteiger partial charge in [-0.15, -0.1) is 11.3 Å². The average molecular weight is 482 g/mol. The minimum absolute atomic E-state index is 0.0891. The molecule has 0 amide bonds. The molecule has 2 aromatic heterocycles. The van der Waals surface area contributed by atoms with Crippen LogP contribution in [0.2, 0.25) is 0 Å². The highest BCUT2D eigenvalue weighted by molar-refractivity contribution is 7.10. The lowest BCUT2D eigenvalue weighted by molar-refractivity contribution is -0.156. The lowest BCUT2D eigenvalue weighted by atomic mass is 9.81. The van der Waals surface area contributed by atoms with Gasteiger partial charge in [-0.2, -0.15) is 10.4 Å². The maximum Gasteiger partial charge on any atom is 0.147 e. The van der Waals surface area contributed by atoms with E-state index in [0.717, 1.165) is 17.3 Å². The van der Waals surface area contributed by atoms with E-state index in [1.54, 1.807) is 12.1 Å². The maximum absolute atomic E-state index is 15.2. The smallest absolute Gasteiger partial charge is 0.147 e. The molecule has 0 aliphatic rings. The number of nitriles is 1. The van der Waals surface area contributed by atoms with Crippen LogP contribution < -0.4 is 0 Å². The van der Waals surface area contributed by atoms with Gasteiger partial charge in [0.25, 0.3) is 0 Å². The molecule has 4 rings (SSSR count). The van der Waals surface area contributed by atoms with E-state index >= 15 is 4.39 Å². The number of rotatable bonds is 9. The van der Waals surface area contributed by atoms with E-state index in [-0.39, 0.29) is 18.9 Å². The van der Waals surface area contributed by atoms with Crippen LogP contribution in [0.1, 0.15) is 29.0 Å². The molecule has 0 N–H and O–H groups in total. The Bertz CT molecular complexity index is 1290. The van der Waals surface area contributed by atoms with Crippen LogP contribution in [0, 0.1) is 23.0 Å². The first-order valence-corrected chi connectivity index (χ1v) is 11.2. The zero-order valence-corrected chi connectivity index (χ0v) is 19.3. The van der Waals surface area contributed by atoms with Gasteiger partial charge in [0, 0.05) is 35.6 Å². The maximum atomic E-state index is 15.2. The van der Waals surface area contributed by atoms with E-state index in [0.29, 0.717) is 10.6 Å². The van der Waals surface area contributed by atoms with Gasteiger partial charge < -0.3 is 9.47 Å². The number of hydrogen-bond donors (Lipinski definition) is 0. The fraction of sp³-hybridized carbons (Fsp3) is 0.250. The summed E-state index contributed by atoms with van der Waals surface area (Å²) >= 11 is 1.40. The van der Waals surface area contributed by atoms with Crippen molar-refractivity contribution in [1.82, 2.24) is 19.7 Å². The van der Waals surface area contributed by atoms with Gasteiger partial charge in [-0.25, -0.2) is 23.4 Å². The van der Waals surface area contributed by atoms with Gasteiger partial charge in [-0.3, -0.25) is 0 Å². The lowest BCUT2D eigenvalue weighted by Gasteiger charge is -2.38. The molecule has 174 valence electrons. The second-order valence-corrected chi connectivity index (χ2v) is 8.53. The molecule has 2 aromatic carbocycles. The monoisotopic (exact) mass is 481 g/mol. The third-order valence-electron chi connectivity index (χ3n) is 5.59. The summed E-state index contributed by atoms with van der Waals surface area (Å²) in [4.78, 5) is 8.77. The highest BCUT2D eigenvalue weighted by Crippen LogP contribution is 2.44. The molecule has 0 unspecified atom stereocenters. The Morgan fingerprint density at radius 1 is 1.21 bits per heavy atom. The zero-order valence-electron chi connectivity index (χ0n) is 18.5. The van der Waals surface area contributed by atoms with Crippen molar-refractivity contribution in [2.45, 2.75) is 25.0 Å². The summed E-state index contributed by atoms with van der Waals surface area (Å²) in [5.41, 5.74) is 0.947. The first kappa shape index (κ1) is 23.6. The highest BCUT2D eigenvalue weighted by Gasteiger charge is 2.44. The van der Waals surface area contributed by atoms with Crippen LogP contribution in [-0.2, 0) is 21.6 Å². The van der Waals surface area contributed by atoms with Crippen molar-refractivity contribution in [2.75, 3.05) is 13.9 Å². The molecule has 10 heteroatoms. The average Bonchev–Trinajstić information content (AvgIpc) is 3.54. The molecule has 34 heavy (non-hydrogen) atoms. The largest absolute Gasteiger partial charge is 0.359 e. The van der Waals surface area contributed by atoms with Crippen molar-refractivity contribution >= 4 is 11.3 Å². The van der Waals surface area contributed by atoms with E-state index in [2.05, 4.69) is 16.2 Å². The first-order chi connectivity index (χ1) is 16.5. The second kappa shape index (κ2) is 10.2. The van der Waals surface area contributed by atoms with Gasteiger partial charge in [0.2, 0.25) is 0 Å². The Morgan fingerprint density at radius 3 is 2.65 bits per heavy atom. The van der Waals surface area contributed by atoms with Crippen LogP contribution in [0.15, 0.2) is 60.5 Å². The third kappa shape index (κ3) is 4.72. The molecule has 0 aliphatic carbocycles. The van der Waals surface area contributed by atoms with Crippen molar-refractivity contribution in [2.24, 2.45) is 0 Å². The summed E-state index contributed by atoms with van der Waals surface area (Å²) in [6, 6.07) is 12.6. The number of benzene rings is 2. The Kier molecular flexibility index (Phi) is 7.07. The van der Waals surface area contributed by atoms with Crippen molar-refractivity contribution < 1.29 is 18.3 Å². The Morgan fingerprint density at radius 2 is 2.00 bits per heavy atom. The summed E-state index contributed by atoms with van der Waals surface area (Å²) in [7, 11) is 1.47. The van der Waals surface area contributed by atoms with Crippen molar-refractivity contribution in [3.63, 3.8) is 0 Å². The van der Waals surface area contributed by atoms with Crippen LogP contribution in [-0.4, -0.2) is 33.7 Å². The number of halogens is 2. The summed E-state index contributed by atoms with van der Waals surface area (Å²) in [5, 5.41) is 15.8. The normalized spacial score (nSPS) is 13.9. The molecule has 2 atom stereocenters. The molecule has 0 spiro atoms. The van der Waals surface area contributed by atoms with Gasteiger partial charge in [0.1, 0.15) is 36.7 Å². The number of nitrogens with zero attached hydrogens (tertiary/aromatic N) is 5. The number of thiazole rings is 1. The van der Waals surface area contributed by atoms with E-state index in [1.807, 2.05) is 24.4 Å². The SMILES string of the molecule is COCO[C@@](Cn1cncn1)(c1ccc(F)cc1F)[C@@H](C)c1nc(-c2ccc(C#N)cc2)cs1. The van der Waals surface area contributed by atoms with E-state index in [4.69, 9.17) is 19.7 Å². The van der Waals surface area contributed by atoms with Crippen molar-refractivity contribution in [1.29, 1.82) is 5.26 Å². The lowest BCUT2D eigenvalue weighted by Crippen LogP contribution is -2.41. The van der Waals surface area contributed by atoms with Gasteiger partial charge in [-0.1, -0.05) is 25.1 Å². The minimum Gasteiger partial charge on any atom is -0.359 e. The third-order valence-corrected chi connectivity index (χ3v) is 6.61. The molecule has 0 aliphatic heterocycles. The number of hydrogen-bond acceptors (Lipinski definition) is 7. The van der Waals surface area contributed by atoms with E-state index < -0.39 is 23.2 Å². The van der Waals surface area contributed by atoms with Gasteiger partial charge in [0.05, 0.1) is 28.9 Å². The zero-order chi connectivity index (χ0) is 24.1. The fourth-order valence-electron chi connectivity index (χ4n) is 3.79. The topological polar surface area (TPSA) is 85.8 Å². The summed E-state index contributed by atoms with van der Waals surface area (Å²) in [6.07, 6.45) is 2.88. The minimum atomic E-state index is -1.33. The van der Waals surface area contributed by atoms with Crippen LogP contribution in [0.25, 0.3) is 11.3 Å². The van der Waals surface area contributed by atoms with Crippen LogP contribution in [0.4, 0.5) is 8.78 Å². The molecular weight excluding hydrogens is 460 g/mol. The van der Waals surface area contributed by atoms with E-state index in [1.165, 1.54) is 47.9 Å². The Labute approximate surface area is 199 Å². The fourth-order valence-corrected chi connectivity index (χ4v) is 4.76. The van der Waals surface area contributed by atoms with E-state index in [9.17, 15) is 4.39 Å². The molecule has 2 heterocycles. The molecule has 0 bridgehead atoms. The number of methoxy groups -OCH3 is 1. The molecule has 0 saturated heterocycles. The van der Waals surface area contributed by atoms with Crippen LogP contribution >= 0.6 is 11.3 Å². The second-order valence-electron chi connectivity index (χ2n) is 7.64. The molecule has 7 nitrogen and oxygen atoms in total. The molecule has 0 radical (unpaired) electrons. The van der Waals surface area contributed by atoms with Crippen LogP contribution in [0.3, 0.4) is 0 Å². The highest BCUT2D eigenvalue weighted by atomic mass is 32.1. The van der Waals surface area contributed by atoms with Crippen LogP contribution in [0.5, 0.6) is 0 Å². The summed E-state index contributed by atoms with van der Waals surface area (Å²) in [5.74, 6) is -1.91. The molecular formula is C24H21F2N5O2S.